The van der Waals surface area contributed by atoms with E-state index < -0.39 is 5.69 Å². The molecule has 8 nitrogen and oxygen atoms in total. The van der Waals surface area contributed by atoms with Crippen molar-refractivity contribution >= 4 is 22.8 Å². The van der Waals surface area contributed by atoms with Crippen molar-refractivity contribution in [2.24, 2.45) is 7.05 Å². The van der Waals surface area contributed by atoms with E-state index in [1.165, 1.54) is 20.3 Å². The summed E-state index contributed by atoms with van der Waals surface area (Å²) in [5.41, 5.74) is 3.49. The Bertz CT molecular complexity index is 1150. The van der Waals surface area contributed by atoms with E-state index in [0.717, 1.165) is 18.7 Å². The number of hydrogen-bond donors (Lipinski definition) is 1. The maximum atomic E-state index is 13.1. The number of imidazole rings is 1. The smallest absolute Gasteiger partial charge is 0.332 e. The van der Waals surface area contributed by atoms with Crippen molar-refractivity contribution in [2.45, 2.75) is 39.8 Å². The van der Waals surface area contributed by atoms with E-state index in [4.69, 9.17) is 10.1 Å². The molecule has 0 spiro atoms. The van der Waals surface area contributed by atoms with Crippen LogP contribution in [0, 0.1) is 13.8 Å². The molecule has 0 unspecified atom stereocenters. The molecule has 0 fully saturated rings. The Balaban J connectivity index is 1.95. The molecule has 1 aliphatic rings. The van der Waals surface area contributed by atoms with E-state index in [1.54, 1.807) is 7.05 Å². The molecule has 4 rings (SSSR count). The van der Waals surface area contributed by atoms with Crippen LogP contribution < -0.4 is 16.1 Å². The van der Waals surface area contributed by atoms with E-state index in [0.29, 0.717) is 30.1 Å². The van der Waals surface area contributed by atoms with Crippen LogP contribution in [0.1, 0.15) is 24.0 Å². The largest absolute Gasteiger partial charge is 0.396 e. The van der Waals surface area contributed by atoms with E-state index in [-0.39, 0.29) is 18.7 Å². The van der Waals surface area contributed by atoms with Crippen LogP contribution in [-0.4, -0.2) is 36.9 Å². The monoisotopic (exact) mass is 383 g/mol. The molecule has 0 aliphatic carbocycles. The summed E-state index contributed by atoms with van der Waals surface area (Å²) in [5.74, 6) is 0.693. The van der Waals surface area contributed by atoms with Gasteiger partial charge >= 0.3 is 5.69 Å². The molecule has 8 heteroatoms. The molecule has 0 atom stereocenters. The minimum absolute atomic E-state index is 0.0708. The number of aliphatic hydroxyl groups excluding tert-OH is 1. The fraction of sp³-hybridized carbons (Fsp3) is 0.450. The SMILES string of the molecule is Cc1cc(C)cc(N2CCCn3c2nc2c3c(=O)n(CCCO)c(=O)n2C)c1. The number of hydrogen-bond acceptors (Lipinski definition) is 5. The number of fused-ring (bicyclic) bond motifs is 3. The van der Waals surface area contributed by atoms with Gasteiger partial charge in [-0.15, -0.1) is 0 Å². The zero-order valence-corrected chi connectivity index (χ0v) is 16.5. The van der Waals surface area contributed by atoms with Crippen LogP contribution in [0.2, 0.25) is 0 Å². The fourth-order valence-corrected chi connectivity index (χ4v) is 4.04. The van der Waals surface area contributed by atoms with Gasteiger partial charge in [-0.05, 0) is 49.9 Å². The van der Waals surface area contributed by atoms with Crippen molar-refractivity contribution in [3.05, 3.63) is 50.2 Å². The van der Waals surface area contributed by atoms with Gasteiger partial charge in [0, 0.05) is 39.0 Å². The summed E-state index contributed by atoms with van der Waals surface area (Å²) in [5, 5.41) is 9.10. The quantitative estimate of drug-likeness (QED) is 0.737. The van der Waals surface area contributed by atoms with Gasteiger partial charge < -0.3 is 14.6 Å². The molecule has 0 saturated carbocycles. The molecule has 28 heavy (non-hydrogen) atoms. The third-order valence-corrected chi connectivity index (χ3v) is 5.28. The lowest BCUT2D eigenvalue weighted by Gasteiger charge is -2.29. The van der Waals surface area contributed by atoms with Crippen LogP contribution in [0.4, 0.5) is 11.6 Å². The molecule has 1 N–H and O–H groups in total. The van der Waals surface area contributed by atoms with Gasteiger partial charge in [-0.1, -0.05) is 6.07 Å². The van der Waals surface area contributed by atoms with Crippen molar-refractivity contribution in [1.29, 1.82) is 0 Å². The van der Waals surface area contributed by atoms with Crippen LogP contribution in [-0.2, 0) is 20.1 Å². The van der Waals surface area contributed by atoms with Gasteiger partial charge in [-0.25, -0.2) is 4.79 Å². The lowest BCUT2D eigenvalue weighted by molar-refractivity contribution is 0.277. The van der Waals surface area contributed by atoms with Gasteiger partial charge in [-0.2, -0.15) is 4.98 Å². The maximum Gasteiger partial charge on any atom is 0.332 e. The average Bonchev–Trinajstić information content (AvgIpc) is 3.05. The minimum Gasteiger partial charge on any atom is -0.396 e. The van der Waals surface area contributed by atoms with Gasteiger partial charge in [-0.3, -0.25) is 13.9 Å². The Hall–Kier alpha value is -2.87. The third kappa shape index (κ3) is 2.84. The summed E-state index contributed by atoms with van der Waals surface area (Å²) >= 11 is 0. The summed E-state index contributed by atoms with van der Waals surface area (Å²) in [6.07, 6.45) is 1.24. The number of aromatic nitrogens is 4. The predicted octanol–water partition coefficient (Wildman–Crippen LogP) is 1.44. The van der Waals surface area contributed by atoms with Crippen molar-refractivity contribution in [2.75, 3.05) is 18.1 Å². The molecular weight excluding hydrogens is 358 g/mol. The molecule has 2 aromatic heterocycles. The standard InChI is InChI=1S/C20H25N5O3/c1-13-10-14(2)12-15(11-13)23-6-4-7-24-16-17(21-19(23)24)22(3)20(28)25(18(16)27)8-5-9-26/h10-12,26H,4-9H2,1-3H3. The molecule has 0 radical (unpaired) electrons. The van der Waals surface area contributed by atoms with Crippen LogP contribution in [0.25, 0.3) is 11.2 Å². The second-order valence-electron chi connectivity index (χ2n) is 7.46. The fourth-order valence-electron chi connectivity index (χ4n) is 4.04. The summed E-state index contributed by atoms with van der Waals surface area (Å²) in [6.45, 7) is 5.73. The summed E-state index contributed by atoms with van der Waals surface area (Å²) in [6, 6.07) is 6.35. The van der Waals surface area contributed by atoms with Gasteiger partial charge in [0.1, 0.15) is 0 Å². The number of aliphatic hydroxyl groups is 1. The molecule has 0 amide bonds. The first-order valence-electron chi connectivity index (χ1n) is 9.59. The molecule has 3 heterocycles. The molecule has 148 valence electrons. The highest BCUT2D eigenvalue weighted by molar-refractivity contribution is 5.77. The number of anilines is 2. The second kappa shape index (κ2) is 6.94. The lowest BCUT2D eigenvalue weighted by Crippen LogP contribution is -2.40. The van der Waals surface area contributed by atoms with E-state index >= 15 is 0 Å². The molecule has 0 saturated heterocycles. The van der Waals surface area contributed by atoms with E-state index in [2.05, 4.69) is 36.9 Å². The highest BCUT2D eigenvalue weighted by Gasteiger charge is 2.27. The van der Waals surface area contributed by atoms with Gasteiger partial charge in [0.15, 0.2) is 11.2 Å². The van der Waals surface area contributed by atoms with E-state index in [9.17, 15) is 9.59 Å². The Labute approximate surface area is 162 Å². The van der Waals surface area contributed by atoms with Crippen molar-refractivity contribution in [3.63, 3.8) is 0 Å². The van der Waals surface area contributed by atoms with Crippen molar-refractivity contribution in [3.8, 4) is 0 Å². The first-order chi connectivity index (χ1) is 13.4. The highest BCUT2D eigenvalue weighted by Crippen LogP contribution is 2.31. The zero-order valence-electron chi connectivity index (χ0n) is 16.5. The maximum absolute atomic E-state index is 13.1. The van der Waals surface area contributed by atoms with Crippen LogP contribution in [0.3, 0.4) is 0 Å². The number of aryl methyl sites for hydroxylation is 4. The number of benzene rings is 1. The highest BCUT2D eigenvalue weighted by atomic mass is 16.3. The van der Waals surface area contributed by atoms with Crippen molar-refractivity contribution in [1.82, 2.24) is 18.7 Å². The molecule has 1 aliphatic heterocycles. The Kier molecular flexibility index (Phi) is 4.58. The van der Waals surface area contributed by atoms with Gasteiger partial charge in [0.25, 0.3) is 5.56 Å². The molecule has 0 bridgehead atoms. The Morgan fingerprint density at radius 2 is 1.82 bits per heavy atom. The van der Waals surface area contributed by atoms with Crippen LogP contribution >= 0.6 is 0 Å². The van der Waals surface area contributed by atoms with Gasteiger partial charge in [0.05, 0.1) is 0 Å². The minimum atomic E-state index is -0.403. The zero-order chi connectivity index (χ0) is 20.0. The summed E-state index contributed by atoms with van der Waals surface area (Å²) < 4.78 is 4.55. The Morgan fingerprint density at radius 3 is 2.50 bits per heavy atom. The molecular formula is C20H25N5O3. The summed E-state index contributed by atoms with van der Waals surface area (Å²) in [7, 11) is 1.64. The van der Waals surface area contributed by atoms with Crippen LogP contribution in [0.15, 0.2) is 27.8 Å². The van der Waals surface area contributed by atoms with Gasteiger partial charge in [0.2, 0.25) is 5.95 Å². The van der Waals surface area contributed by atoms with E-state index in [1.807, 2.05) is 4.57 Å². The molecule has 1 aromatic carbocycles. The first-order valence-corrected chi connectivity index (χ1v) is 9.59. The third-order valence-electron chi connectivity index (χ3n) is 5.28. The number of rotatable bonds is 4. The normalized spacial score (nSPS) is 13.9. The summed E-state index contributed by atoms with van der Waals surface area (Å²) in [4.78, 5) is 32.5. The number of nitrogens with zero attached hydrogens (tertiary/aromatic N) is 5. The predicted molar refractivity (Wildman–Crippen MR) is 108 cm³/mol. The Morgan fingerprint density at radius 1 is 1.11 bits per heavy atom. The van der Waals surface area contributed by atoms with Crippen LogP contribution in [0.5, 0.6) is 0 Å². The van der Waals surface area contributed by atoms with Crippen molar-refractivity contribution < 1.29 is 5.11 Å². The topological polar surface area (TPSA) is 85.3 Å². The average molecular weight is 383 g/mol. The second-order valence-corrected chi connectivity index (χ2v) is 7.46. The molecule has 3 aromatic rings. The first kappa shape index (κ1) is 18.5. The lowest BCUT2D eigenvalue weighted by atomic mass is 10.1.